The van der Waals surface area contributed by atoms with E-state index in [4.69, 9.17) is 11.2 Å². The number of para-hydroxylation sites is 1. The maximum Gasteiger partial charge on any atom is 0.193 e. The van der Waals surface area contributed by atoms with E-state index in [1.165, 1.54) is 6.07 Å². The van der Waals surface area contributed by atoms with Gasteiger partial charge < -0.3 is 4.74 Å². The Kier molecular flexibility index (Phi) is 4.39. The van der Waals surface area contributed by atoms with Crippen LogP contribution in [-0.2, 0) is 9.84 Å². The first-order valence-corrected chi connectivity index (χ1v) is 6.65. The predicted octanol–water partition coefficient (Wildman–Crippen LogP) is 1.88. The minimum Gasteiger partial charge on any atom is -0.492 e. The summed E-state index contributed by atoms with van der Waals surface area (Å²) >= 11 is 0. The topological polar surface area (TPSA) is 43.4 Å². The first-order chi connectivity index (χ1) is 7.61. The summed E-state index contributed by atoms with van der Waals surface area (Å²) in [7, 11) is -3.43. The van der Waals surface area contributed by atoms with Crippen LogP contribution >= 0.6 is 0 Å². The molecular formula is C12H14O3S. The molecule has 0 aromatic heterocycles. The van der Waals surface area contributed by atoms with Crippen LogP contribution in [0.2, 0.25) is 0 Å². The Labute approximate surface area is 96.4 Å². The molecule has 1 aromatic rings. The summed E-state index contributed by atoms with van der Waals surface area (Å²) in [6.07, 6.45) is 5.86. The SMILES string of the molecule is C#CCS(=O)(=O)c1ccccc1OCCC. The van der Waals surface area contributed by atoms with Gasteiger partial charge in [-0.2, -0.15) is 0 Å². The van der Waals surface area contributed by atoms with Crippen molar-refractivity contribution in [2.45, 2.75) is 18.2 Å². The van der Waals surface area contributed by atoms with E-state index in [1.54, 1.807) is 18.2 Å². The van der Waals surface area contributed by atoms with Crippen molar-refractivity contribution in [2.24, 2.45) is 0 Å². The quantitative estimate of drug-likeness (QED) is 0.736. The lowest BCUT2D eigenvalue weighted by molar-refractivity contribution is 0.309. The summed E-state index contributed by atoms with van der Waals surface area (Å²) in [5, 5.41) is 0. The number of terminal acetylenes is 1. The van der Waals surface area contributed by atoms with Crippen LogP contribution in [0.3, 0.4) is 0 Å². The lowest BCUT2D eigenvalue weighted by Crippen LogP contribution is -2.08. The molecule has 0 aliphatic carbocycles. The second-order valence-corrected chi connectivity index (χ2v) is 5.22. The van der Waals surface area contributed by atoms with E-state index in [0.29, 0.717) is 12.4 Å². The third kappa shape index (κ3) is 3.01. The fourth-order valence-corrected chi connectivity index (χ4v) is 2.32. The predicted molar refractivity (Wildman–Crippen MR) is 63.1 cm³/mol. The molecule has 1 aromatic carbocycles. The smallest absolute Gasteiger partial charge is 0.193 e. The van der Waals surface area contributed by atoms with Crippen LogP contribution in [0.1, 0.15) is 13.3 Å². The molecule has 0 saturated carbocycles. The highest BCUT2D eigenvalue weighted by molar-refractivity contribution is 7.91. The maximum atomic E-state index is 11.8. The first-order valence-electron chi connectivity index (χ1n) is 5.00. The van der Waals surface area contributed by atoms with Crippen molar-refractivity contribution in [3.63, 3.8) is 0 Å². The fraction of sp³-hybridized carbons (Fsp3) is 0.333. The molecule has 86 valence electrons. The van der Waals surface area contributed by atoms with Gasteiger partial charge in [-0.05, 0) is 18.6 Å². The number of rotatable bonds is 5. The molecule has 0 atom stereocenters. The molecule has 0 unspecified atom stereocenters. The van der Waals surface area contributed by atoms with Crippen LogP contribution in [0.25, 0.3) is 0 Å². The number of sulfone groups is 1. The van der Waals surface area contributed by atoms with Crippen molar-refractivity contribution in [3.8, 4) is 18.1 Å². The lowest BCUT2D eigenvalue weighted by atomic mass is 10.3. The molecule has 0 N–H and O–H groups in total. The highest BCUT2D eigenvalue weighted by Gasteiger charge is 2.17. The molecule has 4 heteroatoms. The van der Waals surface area contributed by atoms with Gasteiger partial charge in [0.25, 0.3) is 0 Å². The van der Waals surface area contributed by atoms with E-state index in [-0.39, 0.29) is 10.6 Å². The van der Waals surface area contributed by atoms with Gasteiger partial charge in [-0.3, -0.25) is 0 Å². The van der Waals surface area contributed by atoms with Gasteiger partial charge in [-0.1, -0.05) is 25.0 Å². The van der Waals surface area contributed by atoms with Gasteiger partial charge in [0.2, 0.25) is 0 Å². The minimum absolute atomic E-state index is 0.168. The molecule has 1 rings (SSSR count). The van der Waals surface area contributed by atoms with Crippen LogP contribution in [0.15, 0.2) is 29.2 Å². The third-order valence-electron chi connectivity index (χ3n) is 1.92. The number of hydrogen-bond donors (Lipinski definition) is 0. The van der Waals surface area contributed by atoms with Crippen molar-refractivity contribution >= 4 is 9.84 Å². The molecule has 0 radical (unpaired) electrons. The summed E-state index contributed by atoms with van der Waals surface area (Å²) in [6.45, 7) is 2.45. The van der Waals surface area contributed by atoms with Gasteiger partial charge in [0, 0.05) is 0 Å². The average molecular weight is 238 g/mol. The van der Waals surface area contributed by atoms with Crippen molar-refractivity contribution in [2.75, 3.05) is 12.4 Å². The Hall–Kier alpha value is -1.47. The van der Waals surface area contributed by atoms with E-state index in [1.807, 2.05) is 6.92 Å². The van der Waals surface area contributed by atoms with E-state index in [9.17, 15) is 8.42 Å². The third-order valence-corrected chi connectivity index (χ3v) is 3.47. The Balaban J connectivity index is 3.09. The van der Waals surface area contributed by atoms with Crippen molar-refractivity contribution in [1.82, 2.24) is 0 Å². The molecular weight excluding hydrogens is 224 g/mol. The summed E-state index contributed by atoms with van der Waals surface area (Å²) in [5.74, 6) is 2.21. The zero-order chi connectivity index (χ0) is 12.0. The van der Waals surface area contributed by atoms with Crippen molar-refractivity contribution < 1.29 is 13.2 Å². The molecule has 0 aliphatic rings. The number of hydrogen-bond acceptors (Lipinski definition) is 3. The Morgan fingerprint density at radius 2 is 2.06 bits per heavy atom. The van der Waals surface area contributed by atoms with Crippen LogP contribution in [0, 0.1) is 12.3 Å². The van der Waals surface area contributed by atoms with Gasteiger partial charge >= 0.3 is 0 Å². The second-order valence-electron chi connectivity index (χ2n) is 3.26. The Bertz CT molecular complexity index is 483. The monoisotopic (exact) mass is 238 g/mol. The van der Waals surface area contributed by atoms with E-state index >= 15 is 0 Å². The Morgan fingerprint density at radius 3 is 2.69 bits per heavy atom. The van der Waals surface area contributed by atoms with Gasteiger partial charge in [-0.25, -0.2) is 8.42 Å². The van der Waals surface area contributed by atoms with Gasteiger partial charge in [0.1, 0.15) is 16.4 Å². The van der Waals surface area contributed by atoms with E-state index < -0.39 is 9.84 Å². The van der Waals surface area contributed by atoms with Crippen LogP contribution in [0.4, 0.5) is 0 Å². The molecule has 16 heavy (non-hydrogen) atoms. The van der Waals surface area contributed by atoms with Crippen LogP contribution in [-0.4, -0.2) is 20.8 Å². The van der Waals surface area contributed by atoms with Gasteiger partial charge in [0.05, 0.1) is 6.61 Å². The summed E-state index contributed by atoms with van der Waals surface area (Å²) in [5.41, 5.74) is 0. The minimum atomic E-state index is -3.43. The fourth-order valence-electron chi connectivity index (χ4n) is 1.23. The molecule has 0 bridgehead atoms. The van der Waals surface area contributed by atoms with Crippen molar-refractivity contribution in [3.05, 3.63) is 24.3 Å². The molecule has 0 aliphatic heterocycles. The highest BCUT2D eigenvalue weighted by atomic mass is 32.2. The summed E-state index contributed by atoms with van der Waals surface area (Å²) in [4.78, 5) is 0.168. The molecule has 0 fully saturated rings. The van der Waals surface area contributed by atoms with E-state index in [2.05, 4.69) is 5.92 Å². The average Bonchev–Trinajstić information content (AvgIpc) is 2.26. The standard InChI is InChI=1S/C12H14O3S/c1-3-9-15-11-7-5-6-8-12(11)16(13,14)10-4-2/h2,5-8H,3,9-10H2,1H3. The zero-order valence-corrected chi connectivity index (χ0v) is 9.96. The second kappa shape index (κ2) is 5.57. The largest absolute Gasteiger partial charge is 0.492 e. The molecule has 3 nitrogen and oxygen atoms in total. The number of benzene rings is 1. The molecule has 0 spiro atoms. The van der Waals surface area contributed by atoms with Crippen molar-refractivity contribution in [1.29, 1.82) is 0 Å². The molecule has 0 heterocycles. The number of ether oxygens (including phenoxy) is 1. The highest BCUT2D eigenvalue weighted by Crippen LogP contribution is 2.24. The van der Waals surface area contributed by atoms with E-state index in [0.717, 1.165) is 6.42 Å². The first kappa shape index (κ1) is 12.6. The van der Waals surface area contributed by atoms with Gasteiger partial charge in [0.15, 0.2) is 9.84 Å². The summed E-state index contributed by atoms with van der Waals surface area (Å²) in [6, 6.07) is 6.54. The zero-order valence-electron chi connectivity index (χ0n) is 9.14. The Morgan fingerprint density at radius 1 is 1.38 bits per heavy atom. The lowest BCUT2D eigenvalue weighted by Gasteiger charge is -2.09. The maximum absolute atomic E-state index is 11.8. The van der Waals surface area contributed by atoms with Gasteiger partial charge in [-0.15, -0.1) is 6.42 Å². The molecule has 0 saturated heterocycles. The normalized spacial score (nSPS) is 10.8. The van der Waals surface area contributed by atoms with Crippen LogP contribution < -0.4 is 4.74 Å². The summed E-state index contributed by atoms with van der Waals surface area (Å²) < 4.78 is 29.0. The molecule has 0 amide bonds. The van der Waals surface area contributed by atoms with Crippen LogP contribution in [0.5, 0.6) is 5.75 Å².